The Bertz CT molecular complexity index is 967. The standard InChI is InChI=1S/C14H10F2N2O3S/c1-8-17-13-5-3-10(7-14(13)21-8)22(19,20)18-12-4-2-9(15)6-11(12)16/h2-7,18H,1H3. The minimum atomic E-state index is -4.03. The normalized spacial score (nSPS) is 11.8. The van der Waals surface area contributed by atoms with Crippen LogP contribution in [0.1, 0.15) is 5.89 Å². The predicted molar refractivity (Wildman–Crippen MR) is 75.9 cm³/mol. The van der Waals surface area contributed by atoms with Crippen molar-refractivity contribution >= 4 is 26.8 Å². The number of aromatic nitrogens is 1. The molecule has 0 aliphatic rings. The fourth-order valence-electron chi connectivity index (χ4n) is 1.96. The van der Waals surface area contributed by atoms with E-state index in [0.29, 0.717) is 23.1 Å². The van der Waals surface area contributed by atoms with E-state index >= 15 is 0 Å². The molecule has 1 N–H and O–H groups in total. The quantitative estimate of drug-likeness (QED) is 0.803. The highest BCUT2D eigenvalue weighted by Crippen LogP contribution is 2.23. The van der Waals surface area contributed by atoms with E-state index < -0.39 is 21.7 Å². The van der Waals surface area contributed by atoms with Crippen molar-refractivity contribution in [1.29, 1.82) is 0 Å². The Morgan fingerprint density at radius 2 is 1.91 bits per heavy atom. The second kappa shape index (κ2) is 5.06. The van der Waals surface area contributed by atoms with Crippen molar-refractivity contribution in [3.8, 4) is 0 Å². The van der Waals surface area contributed by atoms with E-state index in [4.69, 9.17) is 4.42 Å². The number of anilines is 1. The fourth-order valence-corrected chi connectivity index (χ4v) is 3.05. The van der Waals surface area contributed by atoms with E-state index in [-0.39, 0.29) is 10.6 Å². The monoisotopic (exact) mass is 324 g/mol. The molecule has 0 fully saturated rings. The SMILES string of the molecule is Cc1nc2ccc(S(=O)(=O)Nc3ccc(F)cc3F)cc2o1. The lowest BCUT2D eigenvalue weighted by Gasteiger charge is -2.08. The molecule has 1 heterocycles. The lowest BCUT2D eigenvalue weighted by Crippen LogP contribution is -2.14. The van der Waals surface area contributed by atoms with Crippen LogP contribution in [0, 0.1) is 18.6 Å². The second-order valence-electron chi connectivity index (χ2n) is 4.59. The van der Waals surface area contributed by atoms with Crippen molar-refractivity contribution < 1.29 is 21.6 Å². The van der Waals surface area contributed by atoms with Crippen LogP contribution in [-0.2, 0) is 10.0 Å². The molecule has 114 valence electrons. The molecule has 8 heteroatoms. The molecule has 3 rings (SSSR count). The van der Waals surface area contributed by atoms with E-state index in [1.165, 1.54) is 18.2 Å². The molecule has 0 atom stereocenters. The lowest BCUT2D eigenvalue weighted by atomic mass is 10.3. The van der Waals surface area contributed by atoms with Gasteiger partial charge in [0.15, 0.2) is 11.5 Å². The predicted octanol–water partition coefficient (Wildman–Crippen LogP) is 3.22. The summed E-state index contributed by atoms with van der Waals surface area (Å²) < 4.78 is 58.2. The van der Waals surface area contributed by atoms with Gasteiger partial charge < -0.3 is 4.42 Å². The number of nitrogens with zero attached hydrogens (tertiary/aromatic N) is 1. The summed E-state index contributed by atoms with van der Waals surface area (Å²) in [5, 5.41) is 0. The molecule has 0 spiro atoms. The average molecular weight is 324 g/mol. The average Bonchev–Trinajstić information content (AvgIpc) is 2.81. The molecule has 0 saturated carbocycles. The first-order chi connectivity index (χ1) is 10.3. The Morgan fingerprint density at radius 3 is 2.64 bits per heavy atom. The summed E-state index contributed by atoms with van der Waals surface area (Å²) in [4.78, 5) is 3.95. The summed E-state index contributed by atoms with van der Waals surface area (Å²) in [5.74, 6) is -1.39. The van der Waals surface area contributed by atoms with Crippen LogP contribution < -0.4 is 4.72 Å². The summed E-state index contributed by atoms with van der Waals surface area (Å²) in [6.07, 6.45) is 0. The molecule has 5 nitrogen and oxygen atoms in total. The van der Waals surface area contributed by atoms with Crippen molar-refractivity contribution in [3.63, 3.8) is 0 Å². The summed E-state index contributed by atoms with van der Waals surface area (Å²) in [5.41, 5.74) is 0.486. The van der Waals surface area contributed by atoms with Crippen LogP contribution in [0.15, 0.2) is 45.7 Å². The largest absolute Gasteiger partial charge is 0.441 e. The minimum Gasteiger partial charge on any atom is -0.441 e. The van der Waals surface area contributed by atoms with Crippen LogP contribution in [-0.4, -0.2) is 13.4 Å². The number of rotatable bonds is 3. The first kappa shape index (κ1) is 14.5. The zero-order valence-corrected chi connectivity index (χ0v) is 12.1. The number of halogens is 2. The summed E-state index contributed by atoms with van der Waals surface area (Å²) in [7, 11) is -4.03. The van der Waals surface area contributed by atoms with Crippen LogP contribution in [0.3, 0.4) is 0 Å². The van der Waals surface area contributed by atoms with Gasteiger partial charge in [-0.2, -0.15) is 0 Å². The van der Waals surface area contributed by atoms with Crippen LogP contribution in [0.25, 0.3) is 11.1 Å². The van der Waals surface area contributed by atoms with Crippen molar-refractivity contribution in [2.75, 3.05) is 4.72 Å². The van der Waals surface area contributed by atoms with Crippen LogP contribution >= 0.6 is 0 Å². The van der Waals surface area contributed by atoms with Gasteiger partial charge >= 0.3 is 0 Å². The van der Waals surface area contributed by atoms with Gasteiger partial charge in [-0.25, -0.2) is 22.2 Å². The van der Waals surface area contributed by atoms with Gasteiger partial charge in [-0.1, -0.05) is 0 Å². The third-order valence-electron chi connectivity index (χ3n) is 2.95. The van der Waals surface area contributed by atoms with E-state index in [1.54, 1.807) is 6.92 Å². The summed E-state index contributed by atoms with van der Waals surface area (Å²) >= 11 is 0. The maximum Gasteiger partial charge on any atom is 0.262 e. The first-order valence-corrected chi connectivity index (χ1v) is 7.68. The second-order valence-corrected chi connectivity index (χ2v) is 6.27. The number of sulfonamides is 1. The third kappa shape index (κ3) is 2.64. The molecular formula is C14H10F2N2O3S. The van der Waals surface area contributed by atoms with Crippen LogP contribution in [0.4, 0.5) is 14.5 Å². The van der Waals surface area contributed by atoms with Gasteiger partial charge in [0.2, 0.25) is 0 Å². The molecule has 2 aromatic carbocycles. The molecule has 0 aliphatic carbocycles. The summed E-state index contributed by atoms with van der Waals surface area (Å²) in [6, 6.07) is 6.68. The molecule has 0 unspecified atom stereocenters. The highest BCUT2D eigenvalue weighted by atomic mass is 32.2. The van der Waals surface area contributed by atoms with Crippen molar-refractivity contribution in [2.45, 2.75) is 11.8 Å². The lowest BCUT2D eigenvalue weighted by molar-refractivity contribution is 0.559. The number of benzene rings is 2. The van der Waals surface area contributed by atoms with Crippen LogP contribution in [0.2, 0.25) is 0 Å². The molecular weight excluding hydrogens is 314 g/mol. The first-order valence-electron chi connectivity index (χ1n) is 6.20. The number of oxazole rings is 1. The highest BCUT2D eigenvalue weighted by molar-refractivity contribution is 7.92. The van der Waals surface area contributed by atoms with E-state index in [9.17, 15) is 17.2 Å². The topological polar surface area (TPSA) is 72.2 Å². The van der Waals surface area contributed by atoms with Crippen molar-refractivity contribution in [1.82, 2.24) is 4.98 Å². The molecule has 1 aromatic heterocycles. The zero-order valence-electron chi connectivity index (χ0n) is 11.3. The van der Waals surface area contributed by atoms with Gasteiger partial charge in [0.1, 0.15) is 17.2 Å². The fraction of sp³-hybridized carbons (Fsp3) is 0.0714. The Kier molecular flexibility index (Phi) is 3.32. The van der Waals surface area contributed by atoms with Crippen LogP contribution in [0.5, 0.6) is 0 Å². The Labute approximate surface area is 124 Å². The molecule has 0 saturated heterocycles. The molecule has 0 radical (unpaired) electrons. The van der Waals surface area contributed by atoms with Crippen molar-refractivity contribution in [2.24, 2.45) is 0 Å². The molecule has 0 bridgehead atoms. The summed E-state index contributed by atoms with van der Waals surface area (Å²) in [6.45, 7) is 1.64. The minimum absolute atomic E-state index is 0.111. The zero-order chi connectivity index (χ0) is 15.9. The van der Waals surface area contributed by atoms with Gasteiger partial charge in [-0.15, -0.1) is 0 Å². The van der Waals surface area contributed by atoms with E-state index in [2.05, 4.69) is 9.71 Å². The Hall–Kier alpha value is -2.48. The molecule has 3 aromatic rings. The molecule has 22 heavy (non-hydrogen) atoms. The van der Waals surface area contributed by atoms with Gasteiger partial charge in [0.25, 0.3) is 10.0 Å². The maximum atomic E-state index is 13.6. The number of hydrogen-bond acceptors (Lipinski definition) is 4. The van der Waals surface area contributed by atoms with Gasteiger partial charge in [0.05, 0.1) is 10.6 Å². The number of fused-ring (bicyclic) bond motifs is 1. The molecule has 0 amide bonds. The van der Waals surface area contributed by atoms with Gasteiger partial charge in [0, 0.05) is 19.1 Å². The Balaban J connectivity index is 2.00. The Morgan fingerprint density at radius 1 is 1.14 bits per heavy atom. The van der Waals surface area contributed by atoms with E-state index in [0.717, 1.165) is 12.1 Å². The smallest absolute Gasteiger partial charge is 0.262 e. The number of aryl methyl sites for hydroxylation is 1. The number of hydrogen-bond donors (Lipinski definition) is 1. The van der Waals surface area contributed by atoms with Gasteiger partial charge in [-0.05, 0) is 24.3 Å². The highest BCUT2D eigenvalue weighted by Gasteiger charge is 2.18. The third-order valence-corrected chi connectivity index (χ3v) is 4.32. The van der Waals surface area contributed by atoms with Gasteiger partial charge in [-0.3, -0.25) is 4.72 Å². The van der Waals surface area contributed by atoms with E-state index in [1.807, 2.05) is 0 Å². The maximum absolute atomic E-state index is 13.6. The number of nitrogens with one attached hydrogen (secondary N) is 1. The van der Waals surface area contributed by atoms with Crippen molar-refractivity contribution in [3.05, 3.63) is 53.9 Å². The molecule has 0 aliphatic heterocycles.